The lowest BCUT2D eigenvalue weighted by Gasteiger charge is -2.07. The van der Waals surface area contributed by atoms with Gasteiger partial charge in [-0.3, -0.25) is 9.78 Å². The van der Waals surface area contributed by atoms with E-state index in [9.17, 15) is 13.6 Å². The Labute approximate surface area is 179 Å². The topological polar surface area (TPSA) is 98.3 Å². The van der Waals surface area contributed by atoms with Crippen LogP contribution in [0.1, 0.15) is 12.1 Å². The Morgan fingerprint density at radius 1 is 1.19 bits per heavy atom. The highest BCUT2D eigenvalue weighted by atomic mass is 35.5. The smallest absolute Gasteiger partial charge is 0.387 e. The number of nitrogens with zero attached hydrogens (tertiary/aromatic N) is 3. The summed E-state index contributed by atoms with van der Waals surface area (Å²) in [5, 5.41) is 14.6. The van der Waals surface area contributed by atoms with Crippen molar-refractivity contribution >= 4 is 28.3 Å². The Hall–Kier alpha value is -3.59. The summed E-state index contributed by atoms with van der Waals surface area (Å²) in [4.78, 5) is 19.6. The molecule has 0 saturated heterocycles. The number of hydrogen-bond donors (Lipinski definition) is 1. The Kier molecular flexibility index (Phi) is 5.77. The molecular weight excluding hydrogens is 432 g/mol. The van der Waals surface area contributed by atoms with Crippen LogP contribution in [0.4, 0.5) is 8.78 Å². The van der Waals surface area contributed by atoms with Gasteiger partial charge in [0.2, 0.25) is 5.82 Å². The number of hydrogen-bond acceptors (Lipinski definition) is 6. The molecular formula is C21H14ClF2N3O4. The molecule has 7 nitrogen and oxygen atoms in total. The predicted molar refractivity (Wildman–Crippen MR) is 108 cm³/mol. The molecule has 0 atom stereocenters. The second-order valence-corrected chi connectivity index (χ2v) is 6.91. The third-order valence-corrected chi connectivity index (χ3v) is 4.82. The highest BCUT2D eigenvalue weighted by Crippen LogP contribution is 2.33. The molecule has 4 rings (SSSR count). The summed E-state index contributed by atoms with van der Waals surface area (Å²) < 4.78 is 34.5. The standard InChI is InChI=1S/C21H14ClF2N3O4/c22-15-10-11(4-6-17(15)30-21(23)24)20-26-19(27-31-20)14-3-1-2-13-12(14)8-9-25-16(13)5-7-18(28)29/h1-4,6,8-10,21H,5,7H2,(H,28,29). The number of aryl methyl sites for hydroxylation is 1. The van der Waals surface area contributed by atoms with Crippen molar-refractivity contribution in [1.82, 2.24) is 15.1 Å². The van der Waals surface area contributed by atoms with E-state index in [0.717, 1.165) is 10.8 Å². The number of carboxylic acids is 1. The van der Waals surface area contributed by atoms with Gasteiger partial charge in [0.1, 0.15) is 5.75 Å². The molecule has 0 aliphatic carbocycles. The van der Waals surface area contributed by atoms with Gasteiger partial charge in [-0.05, 0) is 29.7 Å². The molecule has 0 amide bonds. The Bertz CT molecular complexity index is 1260. The van der Waals surface area contributed by atoms with Crippen molar-refractivity contribution in [1.29, 1.82) is 0 Å². The van der Waals surface area contributed by atoms with E-state index in [1.165, 1.54) is 18.2 Å². The minimum absolute atomic E-state index is 0.0168. The summed E-state index contributed by atoms with van der Waals surface area (Å²) in [5.41, 5.74) is 1.77. The number of halogens is 3. The molecule has 0 radical (unpaired) electrons. The van der Waals surface area contributed by atoms with Crippen LogP contribution >= 0.6 is 11.6 Å². The van der Waals surface area contributed by atoms with E-state index in [0.29, 0.717) is 29.1 Å². The molecule has 10 heteroatoms. The van der Waals surface area contributed by atoms with E-state index in [-0.39, 0.29) is 23.1 Å². The van der Waals surface area contributed by atoms with Crippen LogP contribution in [-0.2, 0) is 11.2 Å². The molecule has 31 heavy (non-hydrogen) atoms. The third kappa shape index (κ3) is 4.46. The number of benzene rings is 2. The molecule has 0 bridgehead atoms. The van der Waals surface area contributed by atoms with E-state index >= 15 is 0 Å². The Balaban J connectivity index is 1.69. The molecule has 2 aromatic carbocycles. The van der Waals surface area contributed by atoms with Crippen molar-refractivity contribution < 1.29 is 27.9 Å². The molecule has 0 fully saturated rings. The average Bonchev–Trinajstić information content (AvgIpc) is 3.23. The van der Waals surface area contributed by atoms with Gasteiger partial charge in [-0.15, -0.1) is 0 Å². The Morgan fingerprint density at radius 3 is 2.77 bits per heavy atom. The molecule has 4 aromatic rings. The van der Waals surface area contributed by atoms with Crippen LogP contribution in [0.5, 0.6) is 5.75 Å². The van der Waals surface area contributed by atoms with Gasteiger partial charge in [0.25, 0.3) is 5.89 Å². The van der Waals surface area contributed by atoms with E-state index in [1.54, 1.807) is 18.3 Å². The van der Waals surface area contributed by atoms with Gasteiger partial charge < -0.3 is 14.4 Å². The van der Waals surface area contributed by atoms with E-state index in [2.05, 4.69) is 19.9 Å². The summed E-state index contributed by atoms with van der Waals surface area (Å²) in [5.74, 6) is -0.602. The van der Waals surface area contributed by atoms with Crippen molar-refractivity contribution in [2.75, 3.05) is 0 Å². The summed E-state index contributed by atoms with van der Waals surface area (Å²) in [6.07, 6.45) is 1.86. The number of carbonyl (C=O) groups is 1. The number of aliphatic carboxylic acids is 1. The highest BCUT2D eigenvalue weighted by Gasteiger charge is 2.17. The number of aromatic nitrogens is 3. The van der Waals surface area contributed by atoms with Gasteiger partial charge in [0.05, 0.1) is 11.4 Å². The second kappa shape index (κ2) is 8.65. The zero-order valence-corrected chi connectivity index (χ0v) is 16.5. The monoisotopic (exact) mass is 445 g/mol. The van der Waals surface area contributed by atoms with Gasteiger partial charge in [-0.2, -0.15) is 13.8 Å². The fraction of sp³-hybridized carbons (Fsp3) is 0.143. The summed E-state index contributed by atoms with van der Waals surface area (Å²) >= 11 is 6.00. The first-order chi connectivity index (χ1) is 14.9. The van der Waals surface area contributed by atoms with Crippen LogP contribution in [-0.4, -0.2) is 32.8 Å². The fourth-order valence-corrected chi connectivity index (χ4v) is 3.39. The van der Waals surface area contributed by atoms with Gasteiger partial charge >= 0.3 is 12.6 Å². The lowest BCUT2D eigenvalue weighted by atomic mass is 10.0. The molecule has 2 aromatic heterocycles. The van der Waals surface area contributed by atoms with E-state index < -0.39 is 12.6 Å². The van der Waals surface area contributed by atoms with Gasteiger partial charge in [0, 0.05) is 34.8 Å². The molecule has 1 N–H and O–H groups in total. The Morgan fingerprint density at radius 2 is 2.03 bits per heavy atom. The van der Waals surface area contributed by atoms with Crippen LogP contribution in [0, 0.1) is 0 Å². The molecule has 0 unspecified atom stereocenters. The molecule has 0 saturated carbocycles. The molecule has 0 aliphatic heterocycles. The highest BCUT2D eigenvalue weighted by molar-refractivity contribution is 6.32. The van der Waals surface area contributed by atoms with Gasteiger partial charge in [0.15, 0.2) is 0 Å². The largest absolute Gasteiger partial charge is 0.481 e. The molecule has 2 heterocycles. The maximum absolute atomic E-state index is 12.4. The molecule has 0 spiro atoms. The quantitative estimate of drug-likeness (QED) is 0.416. The molecule has 0 aliphatic rings. The van der Waals surface area contributed by atoms with Crippen LogP contribution in [0.15, 0.2) is 53.2 Å². The number of ether oxygens (including phenoxy) is 1. The summed E-state index contributed by atoms with van der Waals surface area (Å²) in [6.45, 7) is -2.99. The summed E-state index contributed by atoms with van der Waals surface area (Å²) in [6, 6.07) is 11.4. The van der Waals surface area contributed by atoms with Gasteiger partial charge in [-0.1, -0.05) is 35.0 Å². The van der Waals surface area contributed by atoms with Crippen molar-refractivity contribution in [2.24, 2.45) is 0 Å². The van der Waals surface area contributed by atoms with Crippen molar-refractivity contribution in [3.63, 3.8) is 0 Å². The predicted octanol–water partition coefficient (Wildman–Crippen LogP) is 5.22. The lowest BCUT2D eigenvalue weighted by molar-refractivity contribution is -0.136. The maximum Gasteiger partial charge on any atom is 0.387 e. The van der Waals surface area contributed by atoms with E-state index in [1.807, 2.05) is 12.1 Å². The second-order valence-electron chi connectivity index (χ2n) is 6.50. The van der Waals surface area contributed by atoms with E-state index in [4.69, 9.17) is 21.2 Å². The fourth-order valence-electron chi connectivity index (χ4n) is 3.16. The number of carboxylic acid groups (broad SMARTS) is 1. The first kappa shape index (κ1) is 20.7. The van der Waals surface area contributed by atoms with Crippen molar-refractivity contribution in [3.05, 3.63) is 59.4 Å². The van der Waals surface area contributed by atoms with Gasteiger partial charge in [-0.25, -0.2) is 0 Å². The third-order valence-electron chi connectivity index (χ3n) is 4.53. The maximum atomic E-state index is 12.4. The van der Waals surface area contributed by atoms with Crippen LogP contribution in [0.2, 0.25) is 5.02 Å². The van der Waals surface area contributed by atoms with Crippen LogP contribution < -0.4 is 4.74 Å². The van der Waals surface area contributed by atoms with Crippen LogP contribution in [0.3, 0.4) is 0 Å². The normalized spacial score (nSPS) is 11.2. The number of rotatable bonds is 7. The zero-order chi connectivity index (χ0) is 22.0. The first-order valence-electron chi connectivity index (χ1n) is 9.09. The van der Waals surface area contributed by atoms with Crippen molar-refractivity contribution in [2.45, 2.75) is 19.5 Å². The first-order valence-corrected chi connectivity index (χ1v) is 9.47. The number of pyridine rings is 1. The van der Waals surface area contributed by atoms with Crippen LogP contribution in [0.25, 0.3) is 33.6 Å². The number of fused-ring (bicyclic) bond motifs is 1. The number of alkyl halides is 2. The summed E-state index contributed by atoms with van der Waals surface area (Å²) in [7, 11) is 0. The minimum Gasteiger partial charge on any atom is -0.481 e. The average molecular weight is 446 g/mol. The lowest BCUT2D eigenvalue weighted by Crippen LogP contribution is -2.02. The minimum atomic E-state index is -2.99. The van der Waals surface area contributed by atoms with Crippen molar-refractivity contribution in [3.8, 4) is 28.6 Å². The zero-order valence-electron chi connectivity index (χ0n) is 15.8. The molecule has 158 valence electrons. The SMILES string of the molecule is O=C(O)CCc1nccc2c(-c3noc(-c4ccc(OC(F)F)c(Cl)c4)n3)cccc12.